The van der Waals surface area contributed by atoms with Crippen molar-refractivity contribution >= 4 is 39.2 Å². The fourth-order valence-electron chi connectivity index (χ4n) is 3.26. The van der Waals surface area contributed by atoms with Crippen LogP contribution in [0.1, 0.15) is 25.5 Å². The molecule has 2 aromatic heterocycles. The molecule has 3 heterocycles. The fourth-order valence-corrected chi connectivity index (χ4v) is 4.03. The van der Waals surface area contributed by atoms with Gasteiger partial charge in [0, 0.05) is 29.5 Å². The number of fused-ring (bicyclic) bond motifs is 1. The molecular formula is C21H23N7OS. The Bertz CT molecular complexity index is 1170. The number of pyridine rings is 1. The zero-order chi connectivity index (χ0) is 21.1. The molecule has 3 aromatic rings. The van der Waals surface area contributed by atoms with E-state index in [-0.39, 0.29) is 10.7 Å². The number of nitrogens with one attached hydrogen (secondary N) is 4. The average Bonchev–Trinajstić information content (AvgIpc) is 2.74. The highest BCUT2D eigenvalue weighted by molar-refractivity contribution is 8.13. The van der Waals surface area contributed by atoms with Gasteiger partial charge in [0.2, 0.25) is 0 Å². The Kier molecular flexibility index (Phi) is 5.91. The maximum absolute atomic E-state index is 8.40. The van der Waals surface area contributed by atoms with E-state index in [1.165, 1.54) is 16.4 Å². The van der Waals surface area contributed by atoms with Crippen LogP contribution in [0.15, 0.2) is 47.5 Å². The van der Waals surface area contributed by atoms with Crippen LogP contribution in [0, 0.1) is 16.2 Å². The molecule has 1 fully saturated rings. The van der Waals surface area contributed by atoms with Crippen molar-refractivity contribution in [2.24, 2.45) is 0 Å². The van der Waals surface area contributed by atoms with Crippen LogP contribution in [-0.2, 0) is 4.74 Å². The van der Waals surface area contributed by atoms with E-state index in [4.69, 9.17) is 21.0 Å². The number of anilines is 1. The van der Waals surface area contributed by atoms with Gasteiger partial charge in [-0.25, -0.2) is 0 Å². The fraction of sp³-hybridized carbons (Fsp3) is 0.286. The molecule has 1 saturated heterocycles. The molecule has 0 amide bonds. The molecule has 154 valence electrons. The van der Waals surface area contributed by atoms with E-state index in [1.54, 1.807) is 19.1 Å². The molecule has 0 bridgehead atoms. The summed E-state index contributed by atoms with van der Waals surface area (Å²) in [5.74, 6) is 0. The average molecular weight is 422 g/mol. The molecule has 0 spiro atoms. The number of nitrogens with zero attached hydrogens (tertiary/aromatic N) is 3. The molecule has 30 heavy (non-hydrogen) atoms. The lowest BCUT2D eigenvalue weighted by atomic mass is 10.1. The smallest absolute Gasteiger partial charge is 0.188 e. The van der Waals surface area contributed by atoms with Crippen LogP contribution in [-0.4, -0.2) is 44.9 Å². The van der Waals surface area contributed by atoms with Gasteiger partial charge in [-0.1, -0.05) is 11.8 Å². The largest absolute Gasteiger partial charge is 0.381 e. The Morgan fingerprint density at radius 3 is 2.73 bits per heavy atom. The second kappa shape index (κ2) is 8.76. The summed E-state index contributed by atoms with van der Waals surface area (Å²) >= 11 is 1.22. The summed E-state index contributed by atoms with van der Waals surface area (Å²) in [5.41, 5.74) is 2.70. The third-order valence-electron chi connectivity index (χ3n) is 4.87. The van der Waals surface area contributed by atoms with Crippen LogP contribution in [0.3, 0.4) is 0 Å². The Morgan fingerprint density at radius 2 is 1.97 bits per heavy atom. The molecule has 0 radical (unpaired) electrons. The molecule has 0 saturated carbocycles. The van der Waals surface area contributed by atoms with Gasteiger partial charge in [-0.15, -0.1) is 0 Å². The quantitative estimate of drug-likeness (QED) is 0.292. The van der Waals surface area contributed by atoms with E-state index in [0.29, 0.717) is 17.4 Å². The third kappa shape index (κ3) is 4.58. The van der Waals surface area contributed by atoms with E-state index < -0.39 is 0 Å². The monoisotopic (exact) mass is 421 g/mol. The standard InChI is InChI=1S/C21H23N7OS/c1-13(22)18-4-5-20(23)28(27-18)21(24)30-17-2-3-19-14(11-17)10-16(12-25-19)26-15-6-8-29-9-7-15/h2-5,10-12,15,22-24,26H,6-9H2,1H3. The number of benzene rings is 1. The van der Waals surface area contributed by atoms with Gasteiger partial charge >= 0.3 is 0 Å². The summed E-state index contributed by atoms with van der Waals surface area (Å²) in [5, 5.41) is 33.0. The first kappa shape index (κ1) is 20.2. The minimum atomic E-state index is 0.0999. The molecule has 1 aromatic carbocycles. The summed E-state index contributed by atoms with van der Waals surface area (Å²) in [6.07, 6.45) is 3.82. The van der Waals surface area contributed by atoms with Gasteiger partial charge in [0.1, 0.15) is 11.2 Å². The number of aromatic nitrogens is 3. The van der Waals surface area contributed by atoms with Crippen LogP contribution in [0.4, 0.5) is 5.69 Å². The van der Waals surface area contributed by atoms with Gasteiger partial charge in [0.15, 0.2) is 5.17 Å². The first-order valence-corrected chi connectivity index (χ1v) is 10.5. The topological polar surface area (TPSA) is 124 Å². The van der Waals surface area contributed by atoms with Crippen molar-refractivity contribution in [1.29, 1.82) is 16.2 Å². The van der Waals surface area contributed by atoms with Crippen LogP contribution < -0.4 is 10.8 Å². The SMILES string of the molecule is CC(=N)c1ccc(=N)n(C(=N)Sc2ccc3ncc(NC4CCOCC4)cc3c2)n1. The Hall–Kier alpha value is -3.04. The predicted molar refractivity (Wildman–Crippen MR) is 119 cm³/mol. The van der Waals surface area contributed by atoms with Crippen molar-refractivity contribution in [1.82, 2.24) is 14.8 Å². The summed E-state index contributed by atoms with van der Waals surface area (Å²) in [6.45, 7) is 3.20. The van der Waals surface area contributed by atoms with E-state index in [1.807, 2.05) is 24.4 Å². The van der Waals surface area contributed by atoms with E-state index in [9.17, 15) is 0 Å². The van der Waals surface area contributed by atoms with Crippen molar-refractivity contribution in [2.45, 2.75) is 30.7 Å². The van der Waals surface area contributed by atoms with Crippen molar-refractivity contribution in [3.63, 3.8) is 0 Å². The maximum atomic E-state index is 8.40. The number of ether oxygens (including phenoxy) is 1. The normalized spacial score (nSPS) is 14.6. The molecule has 1 aliphatic heterocycles. The maximum Gasteiger partial charge on any atom is 0.188 e. The van der Waals surface area contributed by atoms with Gasteiger partial charge in [0.05, 0.1) is 23.1 Å². The Morgan fingerprint density at radius 1 is 1.17 bits per heavy atom. The summed E-state index contributed by atoms with van der Waals surface area (Å²) in [4.78, 5) is 5.41. The zero-order valence-corrected chi connectivity index (χ0v) is 17.4. The number of thioether (sulfide) groups is 1. The molecule has 9 heteroatoms. The van der Waals surface area contributed by atoms with Crippen molar-refractivity contribution in [3.8, 4) is 0 Å². The first-order chi connectivity index (χ1) is 14.5. The molecule has 0 unspecified atom stereocenters. The Balaban J connectivity index is 1.55. The van der Waals surface area contributed by atoms with E-state index in [2.05, 4.69) is 21.5 Å². The van der Waals surface area contributed by atoms with Crippen LogP contribution >= 0.6 is 11.8 Å². The lowest BCUT2D eigenvalue weighted by molar-refractivity contribution is 0.0904. The first-order valence-electron chi connectivity index (χ1n) is 9.71. The molecule has 1 aliphatic rings. The predicted octanol–water partition coefficient (Wildman–Crippen LogP) is 3.46. The minimum Gasteiger partial charge on any atom is -0.381 e. The minimum absolute atomic E-state index is 0.0999. The molecular weight excluding hydrogens is 398 g/mol. The van der Waals surface area contributed by atoms with Gasteiger partial charge < -0.3 is 15.5 Å². The number of rotatable bonds is 4. The summed E-state index contributed by atoms with van der Waals surface area (Å²) < 4.78 is 6.65. The van der Waals surface area contributed by atoms with E-state index >= 15 is 0 Å². The zero-order valence-electron chi connectivity index (χ0n) is 16.6. The second-order valence-corrected chi connectivity index (χ2v) is 8.22. The molecule has 0 aliphatic carbocycles. The summed E-state index contributed by atoms with van der Waals surface area (Å²) in [7, 11) is 0. The molecule has 8 nitrogen and oxygen atoms in total. The molecule has 4 N–H and O–H groups in total. The third-order valence-corrected chi connectivity index (χ3v) is 5.73. The second-order valence-electron chi connectivity index (χ2n) is 7.16. The lowest BCUT2D eigenvalue weighted by Crippen LogP contribution is -2.28. The summed E-state index contributed by atoms with van der Waals surface area (Å²) in [6, 6.07) is 11.5. The van der Waals surface area contributed by atoms with Crippen LogP contribution in [0.2, 0.25) is 0 Å². The highest BCUT2D eigenvalue weighted by Crippen LogP contribution is 2.26. The highest BCUT2D eigenvalue weighted by atomic mass is 32.2. The number of hydrogen-bond donors (Lipinski definition) is 4. The molecule has 0 atom stereocenters. The van der Waals surface area contributed by atoms with Crippen molar-refractivity contribution < 1.29 is 4.74 Å². The number of hydrogen-bond acceptors (Lipinski definition) is 8. The van der Waals surface area contributed by atoms with Gasteiger partial charge in [-0.05, 0) is 56.2 Å². The van der Waals surface area contributed by atoms with Crippen LogP contribution in [0.25, 0.3) is 10.9 Å². The van der Waals surface area contributed by atoms with Gasteiger partial charge in [0.25, 0.3) is 0 Å². The van der Waals surface area contributed by atoms with Crippen molar-refractivity contribution in [3.05, 3.63) is 53.8 Å². The van der Waals surface area contributed by atoms with Gasteiger partial charge in [-0.3, -0.25) is 15.8 Å². The highest BCUT2D eigenvalue weighted by Gasteiger charge is 2.14. The lowest BCUT2D eigenvalue weighted by Gasteiger charge is -2.24. The Labute approximate surface area is 178 Å². The van der Waals surface area contributed by atoms with Crippen molar-refractivity contribution in [2.75, 3.05) is 18.5 Å². The van der Waals surface area contributed by atoms with E-state index in [0.717, 1.165) is 47.5 Å². The van der Waals surface area contributed by atoms with Crippen LogP contribution in [0.5, 0.6) is 0 Å². The molecule has 4 rings (SSSR count). The van der Waals surface area contributed by atoms with Gasteiger partial charge in [-0.2, -0.15) is 9.78 Å².